The molecule has 0 aromatic carbocycles. The summed E-state index contributed by atoms with van der Waals surface area (Å²) < 4.78 is 59.7. The molecule has 0 spiro atoms. The Hall–Kier alpha value is -14.1. The number of carbonyl (C=O) groups is 6. The maximum Gasteiger partial charge on any atom is 0.354 e. The number of aliphatic hydroxyl groups is 3. The summed E-state index contributed by atoms with van der Waals surface area (Å²) in [6.07, 6.45) is 18.0. The Morgan fingerprint density at radius 3 is 0.991 bits per heavy atom. The van der Waals surface area contributed by atoms with E-state index in [9.17, 15) is 37.5 Å². The standard InChI is InChI=1S/C11H11FN4O3.2C11H12N4O3.C10H9FN4O3.C10H10N4O3.C10H10N4O2/c1-16-10(8(18)5-17)6(3-14-16)9-7(12)4-13-11(15-9)19-2;1-15-10(8(17)6-16)7(5-14-15)9-11(18-2)13-4-3-12-9;1-15-10(9(17)6-16)7(5-13-15)8-3-4-12-11(14-8)18-2;1-15-8(9(16)17)5(3-13-15)7-6(11)4-12-10(14-7)18-2;1-14-8(9(15)16)6(5-12-14)7-3-4-11-10(13-7)17-2;1-6-11-4-3-8(13-6)7-5-12-14(2)9(7)10(15)16/h3-4,17H,5H2,1-2H3;2*3-5,16H,6H2,1-2H3;3-4H,1-2H3,(H,16,17);3-5H,1-2H3,(H,15,16);3-5H,1-2H3,(H,15,16). The molecule has 0 bridgehead atoms. The maximum absolute atomic E-state index is 13.8. The number of carboxylic acid groups (broad SMARTS) is 3. The summed E-state index contributed by atoms with van der Waals surface area (Å²) in [5.41, 5.74) is 4.61. The fourth-order valence-electron chi connectivity index (χ4n) is 9.41. The number of carbonyl (C=O) groups excluding carboxylic acids is 3. The molecular formula is C63H64F2N24O17. The number of aryl methyl sites for hydroxylation is 7. The molecule has 0 aliphatic carbocycles. The molecule has 43 heteroatoms. The lowest BCUT2D eigenvalue weighted by molar-refractivity contribution is 0.0675. The molecule has 0 unspecified atom stereocenters. The van der Waals surface area contributed by atoms with Crippen molar-refractivity contribution in [1.82, 2.24) is 118 Å². The second-order valence-electron chi connectivity index (χ2n) is 20.7. The number of aromatic carboxylic acids is 3. The van der Waals surface area contributed by atoms with Crippen LogP contribution in [-0.2, 0) is 42.3 Å². The highest BCUT2D eigenvalue weighted by molar-refractivity contribution is 6.03. The monoisotopic (exact) mass is 1470 g/mol. The van der Waals surface area contributed by atoms with Gasteiger partial charge in [0.2, 0.25) is 23.2 Å². The Morgan fingerprint density at radius 2 is 0.642 bits per heavy atom. The molecule has 0 aliphatic rings. The number of ketones is 3. The number of nitrogens with zero attached hydrogens (tertiary/aromatic N) is 24. The van der Waals surface area contributed by atoms with Crippen LogP contribution in [0.1, 0.15) is 68.8 Å². The summed E-state index contributed by atoms with van der Waals surface area (Å²) in [4.78, 5) is 115. The molecule has 0 saturated carbocycles. The molecule has 0 radical (unpaired) electrons. The lowest BCUT2D eigenvalue weighted by Gasteiger charge is -2.06. The minimum absolute atomic E-state index is 0.0253. The van der Waals surface area contributed by atoms with E-state index < -0.39 is 66.7 Å². The molecule has 0 fully saturated rings. The zero-order chi connectivity index (χ0) is 77.6. The highest BCUT2D eigenvalue weighted by Gasteiger charge is 2.26. The van der Waals surface area contributed by atoms with Crippen LogP contribution in [0.4, 0.5) is 8.78 Å². The van der Waals surface area contributed by atoms with Crippen molar-refractivity contribution in [2.45, 2.75) is 6.92 Å². The average Bonchev–Trinajstić information content (AvgIpc) is 1.67. The van der Waals surface area contributed by atoms with Gasteiger partial charge in [0.15, 0.2) is 28.7 Å². The van der Waals surface area contributed by atoms with Crippen molar-refractivity contribution in [2.24, 2.45) is 42.3 Å². The predicted octanol–water partition coefficient (Wildman–Crippen LogP) is 2.51. The van der Waals surface area contributed by atoms with E-state index in [4.69, 9.17) is 54.3 Å². The first-order chi connectivity index (χ1) is 50.7. The first kappa shape index (κ1) is 79.2. The Morgan fingerprint density at radius 1 is 0.349 bits per heavy atom. The maximum atomic E-state index is 13.8. The zero-order valence-corrected chi connectivity index (χ0v) is 58.0. The third-order valence-electron chi connectivity index (χ3n) is 14.1. The van der Waals surface area contributed by atoms with E-state index in [-0.39, 0.29) is 75.0 Å². The first-order valence-corrected chi connectivity index (χ1v) is 30.0. The van der Waals surface area contributed by atoms with Gasteiger partial charge in [0, 0.05) is 78.8 Å². The fourth-order valence-corrected chi connectivity index (χ4v) is 9.41. The largest absolute Gasteiger partial charge is 0.479 e. The van der Waals surface area contributed by atoms with Crippen molar-refractivity contribution in [3.05, 3.63) is 150 Å². The number of halogens is 2. The summed E-state index contributed by atoms with van der Waals surface area (Å²) in [6, 6.07) is 5.23. The number of ether oxygens (including phenoxy) is 5. The summed E-state index contributed by atoms with van der Waals surface area (Å²) in [6.45, 7) is -0.111. The number of hydrogen-bond acceptors (Lipinski definition) is 32. The molecular weight excluding hydrogens is 1400 g/mol. The molecule has 106 heavy (non-hydrogen) atoms. The quantitative estimate of drug-likeness (QED) is 0.0597. The highest BCUT2D eigenvalue weighted by atomic mass is 19.1. The number of Topliss-reactive ketones (excluding diaryl/α,β-unsaturated/α-hetero) is 3. The van der Waals surface area contributed by atoms with Crippen LogP contribution in [0.3, 0.4) is 0 Å². The fraction of sp³-hybridized carbons (Fsp3) is 0.238. The summed E-state index contributed by atoms with van der Waals surface area (Å²) in [5.74, 6) is -5.28. The van der Waals surface area contributed by atoms with Crippen molar-refractivity contribution in [3.63, 3.8) is 0 Å². The second kappa shape index (κ2) is 36.5. The van der Waals surface area contributed by atoms with Gasteiger partial charge in [0.1, 0.15) is 59.8 Å². The van der Waals surface area contributed by atoms with Crippen LogP contribution in [0.2, 0.25) is 0 Å². The number of rotatable bonds is 20. The molecule has 0 atom stereocenters. The van der Waals surface area contributed by atoms with E-state index in [1.165, 1.54) is 135 Å². The summed E-state index contributed by atoms with van der Waals surface area (Å²) in [7, 11) is 16.4. The molecule has 0 aliphatic heterocycles. The van der Waals surface area contributed by atoms with Crippen molar-refractivity contribution in [1.29, 1.82) is 0 Å². The smallest absolute Gasteiger partial charge is 0.354 e. The van der Waals surface area contributed by atoms with Crippen LogP contribution >= 0.6 is 0 Å². The SMILES string of the molecule is COc1ncc(F)c(-c2cnn(C)c2C(=O)CO)n1.COc1ncc(F)c(-c2cnn(C)c2C(=O)O)n1.COc1nccc(-c2cnn(C)c2C(=O)CO)n1.COc1nccc(-c2cnn(C)c2C(=O)O)n1.COc1nccnc1-c1cnn(C)c1C(=O)CO.Cc1nccc(-c2cnn(C)c2C(=O)O)n1. The molecule has 0 saturated heterocycles. The van der Waals surface area contributed by atoms with Gasteiger partial charge in [0.05, 0.1) is 130 Å². The van der Waals surface area contributed by atoms with E-state index in [1.807, 2.05) is 0 Å². The van der Waals surface area contributed by atoms with Crippen LogP contribution in [-0.4, -0.2) is 240 Å². The van der Waals surface area contributed by atoms with Crippen molar-refractivity contribution in [3.8, 4) is 97.5 Å². The Labute approximate surface area is 596 Å². The minimum atomic E-state index is -1.22. The first-order valence-electron chi connectivity index (χ1n) is 30.0. The van der Waals surface area contributed by atoms with E-state index in [0.29, 0.717) is 62.4 Å². The minimum Gasteiger partial charge on any atom is -0.479 e. The van der Waals surface area contributed by atoms with Gasteiger partial charge in [-0.25, -0.2) is 63.0 Å². The predicted molar refractivity (Wildman–Crippen MR) is 358 cm³/mol. The Kier molecular flexibility index (Phi) is 27.3. The van der Waals surface area contributed by atoms with E-state index >= 15 is 0 Å². The van der Waals surface area contributed by atoms with Gasteiger partial charge < -0.3 is 54.3 Å². The molecule has 12 aromatic heterocycles. The Bertz CT molecular complexity index is 5130. The van der Waals surface area contributed by atoms with Gasteiger partial charge >= 0.3 is 41.9 Å². The Balaban J connectivity index is 0.000000178. The molecule has 552 valence electrons. The number of hydrogen-bond donors (Lipinski definition) is 6. The summed E-state index contributed by atoms with van der Waals surface area (Å²) in [5, 5.41) is 77.5. The van der Waals surface area contributed by atoms with Gasteiger partial charge in [-0.1, -0.05) is 0 Å². The van der Waals surface area contributed by atoms with Crippen molar-refractivity contribution >= 4 is 35.3 Å². The molecule has 12 heterocycles. The van der Waals surface area contributed by atoms with Crippen molar-refractivity contribution < 1.29 is 91.9 Å². The molecule has 0 amide bonds. The van der Waals surface area contributed by atoms with Gasteiger partial charge in [-0.3, -0.25) is 42.5 Å². The van der Waals surface area contributed by atoms with Gasteiger partial charge in [-0.2, -0.15) is 50.5 Å². The van der Waals surface area contributed by atoms with Crippen molar-refractivity contribution in [2.75, 3.05) is 55.4 Å². The molecule has 6 N–H and O–H groups in total. The lowest BCUT2D eigenvalue weighted by Crippen LogP contribution is -2.12. The van der Waals surface area contributed by atoms with Gasteiger partial charge in [-0.15, -0.1) is 0 Å². The third-order valence-corrected chi connectivity index (χ3v) is 14.1. The molecule has 41 nitrogen and oxygen atoms in total. The lowest BCUT2D eigenvalue weighted by atomic mass is 10.1. The molecule has 12 aromatic rings. The number of carboxylic acids is 3. The summed E-state index contributed by atoms with van der Waals surface area (Å²) >= 11 is 0. The van der Waals surface area contributed by atoms with Gasteiger partial charge in [0.25, 0.3) is 0 Å². The number of aromatic nitrogens is 24. The van der Waals surface area contributed by atoms with Crippen LogP contribution in [0, 0.1) is 18.6 Å². The van der Waals surface area contributed by atoms with E-state index in [1.54, 1.807) is 59.5 Å². The number of aliphatic hydroxyl groups excluding tert-OH is 3. The van der Waals surface area contributed by atoms with Crippen LogP contribution in [0.15, 0.2) is 98.8 Å². The van der Waals surface area contributed by atoms with Crippen LogP contribution in [0.5, 0.6) is 29.9 Å². The topological polar surface area (TPSA) is 532 Å². The third kappa shape index (κ3) is 18.7. The highest BCUT2D eigenvalue weighted by Crippen LogP contribution is 2.31. The molecule has 12 rings (SSSR count). The zero-order valence-electron chi connectivity index (χ0n) is 58.0. The van der Waals surface area contributed by atoms with Crippen LogP contribution < -0.4 is 23.7 Å². The van der Waals surface area contributed by atoms with E-state index in [2.05, 4.69) is 90.4 Å². The van der Waals surface area contributed by atoms with E-state index in [0.717, 1.165) is 17.1 Å². The van der Waals surface area contributed by atoms with Gasteiger partial charge in [-0.05, 0) is 25.1 Å². The average molecular weight is 1470 g/mol. The second-order valence-corrected chi connectivity index (χ2v) is 20.7. The number of methoxy groups -OCH3 is 5. The normalized spacial score (nSPS) is 10.4. The van der Waals surface area contributed by atoms with Crippen LogP contribution in [0.25, 0.3) is 67.5 Å².